The van der Waals surface area contributed by atoms with Crippen LogP contribution in [0.4, 0.5) is 17.2 Å². The number of hydrogen-bond donors (Lipinski definition) is 1. The predicted molar refractivity (Wildman–Crippen MR) is 134 cm³/mol. The van der Waals surface area contributed by atoms with Crippen LogP contribution in [0.1, 0.15) is 24.8 Å². The Hall–Kier alpha value is -3.39. The van der Waals surface area contributed by atoms with Gasteiger partial charge in [-0.3, -0.25) is 14.4 Å². The number of piperidine rings is 1. The first-order chi connectivity index (χ1) is 16.6. The van der Waals surface area contributed by atoms with Crippen molar-refractivity contribution in [1.29, 1.82) is 0 Å². The maximum absolute atomic E-state index is 12.6. The lowest BCUT2D eigenvalue weighted by Gasteiger charge is -2.40. The Kier molecular flexibility index (Phi) is 5.45. The molecule has 0 radical (unpaired) electrons. The first kappa shape index (κ1) is 21.2. The van der Waals surface area contributed by atoms with E-state index in [1.165, 1.54) is 11.3 Å². The number of anilines is 3. The molecule has 5 heterocycles. The molecule has 1 amide bonds. The molecule has 2 fully saturated rings. The summed E-state index contributed by atoms with van der Waals surface area (Å²) in [6.45, 7) is 5.77. The minimum absolute atomic E-state index is 0.0499. The Labute approximate surface area is 200 Å². The minimum Gasteiger partial charge on any atom is -0.369 e. The van der Waals surface area contributed by atoms with Crippen molar-refractivity contribution in [2.24, 2.45) is 7.05 Å². The average Bonchev–Trinajstić information content (AvgIpc) is 3.31. The molecular formula is C26H31N7O. The van der Waals surface area contributed by atoms with E-state index in [9.17, 15) is 4.79 Å². The number of rotatable bonds is 4. The fourth-order valence-electron chi connectivity index (χ4n) is 5.44. The normalized spacial score (nSPS) is 20.6. The van der Waals surface area contributed by atoms with E-state index in [0.717, 1.165) is 81.2 Å². The van der Waals surface area contributed by atoms with E-state index in [1.807, 2.05) is 30.3 Å². The molecule has 0 aliphatic carbocycles. The molecule has 0 spiro atoms. The number of amides is 1. The number of fused-ring (bicyclic) bond motifs is 3. The van der Waals surface area contributed by atoms with E-state index in [-0.39, 0.29) is 11.9 Å². The van der Waals surface area contributed by atoms with Crippen LogP contribution in [0.25, 0.3) is 11.1 Å². The molecule has 8 heteroatoms. The van der Waals surface area contributed by atoms with Gasteiger partial charge in [0.15, 0.2) is 5.82 Å². The van der Waals surface area contributed by atoms with Crippen LogP contribution in [-0.2, 0) is 18.4 Å². The van der Waals surface area contributed by atoms with Crippen molar-refractivity contribution in [2.75, 3.05) is 47.8 Å². The second-order valence-electron chi connectivity index (χ2n) is 9.62. The summed E-state index contributed by atoms with van der Waals surface area (Å²) in [5.41, 5.74) is 5.63. The molecule has 0 saturated carbocycles. The Balaban J connectivity index is 1.08. The van der Waals surface area contributed by atoms with Gasteiger partial charge in [0.25, 0.3) is 0 Å². The number of carbonyl (C=O) groups excluding carboxylic acids is 1. The predicted octanol–water partition coefficient (Wildman–Crippen LogP) is 3.12. The van der Waals surface area contributed by atoms with Crippen LogP contribution < -0.4 is 15.1 Å². The van der Waals surface area contributed by atoms with Crippen LogP contribution in [-0.4, -0.2) is 64.3 Å². The van der Waals surface area contributed by atoms with Gasteiger partial charge in [-0.2, -0.15) is 5.10 Å². The lowest BCUT2D eigenvalue weighted by Crippen LogP contribution is -2.51. The van der Waals surface area contributed by atoms with Crippen molar-refractivity contribution in [3.63, 3.8) is 0 Å². The zero-order chi connectivity index (χ0) is 23.1. The first-order valence-corrected chi connectivity index (χ1v) is 12.3. The number of nitrogens with zero attached hydrogens (tertiary/aromatic N) is 6. The number of aromatic nitrogens is 3. The molecule has 2 aromatic heterocycles. The second kappa shape index (κ2) is 8.76. The number of hydrogen-bond acceptors (Lipinski definition) is 6. The molecule has 3 aromatic rings. The summed E-state index contributed by atoms with van der Waals surface area (Å²) in [5, 5.41) is 7.37. The highest BCUT2D eigenvalue weighted by atomic mass is 16.2. The summed E-state index contributed by atoms with van der Waals surface area (Å²) in [4.78, 5) is 24.4. The number of nitrogens with one attached hydrogen (secondary N) is 1. The molecule has 0 bridgehead atoms. The highest BCUT2D eigenvalue weighted by Crippen LogP contribution is 2.35. The molecule has 34 heavy (non-hydrogen) atoms. The van der Waals surface area contributed by atoms with E-state index in [2.05, 4.69) is 55.4 Å². The zero-order valence-corrected chi connectivity index (χ0v) is 19.7. The van der Waals surface area contributed by atoms with Gasteiger partial charge in [-0.1, -0.05) is 12.1 Å². The molecule has 2 saturated heterocycles. The summed E-state index contributed by atoms with van der Waals surface area (Å²) in [6, 6.07) is 10.8. The van der Waals surface area contributed by atoms with E-state index in [0.29, 0.717) is 0 Å². The highest BCUT2D eigenvalue weighted by molar-refractivity contribution is 6.02. The zero-order valence-electron chi connectivity index (χ0n) is 19.7. The topological polar surface area (TPSA) is 69.5 Å². The largest absolute Gasteiger partial charge is 0.369 e. The molecular weight excluding hydrogens is 426 g/mol. The van der Waals surface area contributed by atoms with Gasteiger partial charge in [0.05, 0.1) is 11.9 Å². The van der Waals surface area contributed by atoms with Gasteiger partial charge in [0.1, 0.15) is 6.04 Å². The molecule has 1 unspecified atom stereocenters. The van der Waals surface area contributed by atoms with Crippen molar-refractivity contribution in [3.8, 4) is 11.1 Å². The maximum atomic E-state index is 12.6. The lowest BCUT2D eigenvalue weighted by molar-refractivity contribution is -0.118. The van der Waals surface area contributed by atoms with Gasteiger partial charge in [0.2, 0.25) is 5.91 Å². The molecule has 8 nitrogen and oxygen atoms in total. The summed E-state index contributed by atoms with van der Waals surface area (Å²) in [7, 11) is 1.94. The third-order valence-electron chi connectivity index (χ3n) is 7.31. The highest BCUT2D eigenvalue weighted by Gasteiger charge is 2.35. The van der Waals surface area contributed by atoms with Crippen molar-refractivity contribution >= 4 is 23.1 Å². The van der Waals surface area contributed by atoms with Crippen molar-refractivity contribution in [1.82, 2.24) is 19.7 Å². The smallest absolute Gasteiger partial charge is 0.247 e. The van der Waals surface area contributed by atoms with Gasteiger partial charge in [-0.05, 0) is 48.6 Å². The number of aryl methyl sites for hydroxylation is 1. The number of benzene rings is 1. The monoisotopic (exact) mass is 457 g/mol. The quantitative estimate of drug-likeness (QED) is 0.649. The summed E-state index contributed by atoms with van der Waals surface area (Å²) < 4.78 is 1.83. The number of piperazine rings is 1. The van der Waals surface area contributed by atoms with Crippen LogP contribution >= 0.6 is 0 Å². The van der Waals surface area contributed by atoms with Gasteiger partial charge in [-0.15, -0.1) is 0 Å². The number of carbonyl (C=O) groups is 1. The standard InChI is InChI=1S/C26H31N7O/c1-30-18-21(16-28-30)20-5-7-22(8-6-20)32-12-10-31(11-13-32)17-19-14-23-25(27-15-19)33-9-3-2-4-24(33)26(34)29-23/h5-8,14-16,18,24H,2-4,9-13,17H2,1H3,(H,29,34). The molecule has 1 atom stereocenters. The van der Waals surface area contributed by atoms with Gasteiger partial charge < -0.3 is 15.1 Å². The number of pyridine rings is 1. The Morgan fingerprint density at radius 1 is 1.00 bits per heavy atom. The lowest BCUT2D eigenvalue weighted by atomic mass is 9.99. The summed E-state index contributed by atoms with van der Waals surface area (Å²) in [5.74, 6) is 1.06. The van der Waals surface area contributed by atoms with Gasteiger partial charge >= 0.3 is 0 Å². The van der Waals surface area contributed by atoms with Gasteiger partial charge in [0, 0.05) is 70.0 Å². The summed E-state index contributed by atoms with van der Waals surface area (Å²) in [6.07, 6.45) is 9.10. The van der Waals surface area contributed by atoms with E-state index in [4.69, 9.17) is 4.98 Å². The molecule has 6 rings (SSSR count). The summed E-state index contributed by atoms with van der Waals surface area (Å²) >= 11 is 0. The van der Waals surface area contributed by atoms with E-state index in [1.54, 1.807) is 0 Å². The average molecular weight is 458 g/mol. The third kappa shape index (κ3) is 4.03. The molecule has 3 aliphatic heterocycles. The Bertz CT molecular complexity index is 1180. The van der Waals surface area contributed by atoms with E-state index >= 15 is 0 Å². The Morgan fingerprint density at radius 3 is 2.59 bits per heavy atom. The van der Waals surface area contributed by atoms with Crippen LogP contribution in [0.15, 0.2) is 48.9 Å². The van der Waals surface area contributed by atoms with Crippen LogP contribution in [0.5, 0.6) is 0 Å². The minimum atomic E-state index is -0.0499. The SMILES string of the molecule is Cn1cc(-c2ccc(N3CCN(Cc4cnc5c(c4)NC(=O)C4CCCCN54)CC3)cc2)cn1. The van der Waals surface area contributed by atoms with Crippen LogP contribution in [0, 0.1) is 0 Å². The van der Waals surface area contributed by atoms with Crippen LogP contribution in [0.2, 0.25) is 0 Å². The molecule has 1 N–H and O–H groups in total. The second-order valence-corrected chi connectivity index (χ2v) is 9.62. The van der Waals surface area contributed by atoms with Crippen LogP contribution in [0.3, 0.4) is 0 Å². The van der Waals surface area contributed by atoms with Crippen molar-refractivity contribution < 1.29 is 4.79 Å². The molecule has 1 aromatic carbocycles. The van der Waals surface area contributed by atoms with E-state index < -0.39 is 0 Å². The third-order valence-corrected chi connectivity index (χ3v) is 7.31. The molecule has 3 aliphatic rings. The fourth-order valence-corrected chi connectivity index (χ4v) is 5.44. The Morgan fingerprint density at radius 2 is 1.82 bits per heavy atom. The fraction of sp³-hybridized carbons (Fsp3) is 0.423. The maximum Gasteiger partial charge on any atom is 0.247 e. The first-order valence-electron chi connectivity index (χ1n) is 12.3. The molecule has 176 valence electrons. The van der Waals surface area contributed by atoms with Gasteiger partial charge in [-0.25, -0.2) is 4.98 Å². The van der Waals surface area contributed by atoms with Crippen molar-refractivity contribution in [2.45, 2.75) is 31.8 Å². The van der Waals surface area contributed by atoms with Crippen molar-refractivity contribution in [3.05, 3.63) is 54.5 Å².